The van der Waals surface area contributed by atoms with E-state index in [2.05, 4.69) is 15.0 Å². The fourth-order valence-corrected chi connectivity index (χ4v) is 3.80. The lowest BCUT2D eigenvalue weighted by Gasteiger charge is -2.22. The molecule has 1 aliphatic carbocycles. The van der Waals surface area contributed by atoms with Crippen LogP contribution in [0, 0.1) is 0 Å². The summed E-state index contributed by atoms with van der Waals surface area (Å²) in [4.78, 5) is 0. The third-order valence-corrected chi connectivity index (χ3v) is 5.32. The molecule has 0 aliphatic heterocycles. The van der Waals surface area contributed by atoms with Crippen LogP contribution in [0.25, 0.3) is 0 Å². The maximum Gasteiger partial charge on any atom is 0.282 e. The van der Waals surface area contributed by atoms with Gasteiger partial charge in [0.25, 0.3) is 10.0 Å². The summed E-state index contributed by atoms with van der Waals surface area (Å²) < 4.78 is 34.4. The number of ether oxygens (including phenoxy) is 1. The Morgan fingerprint density at radius 3 is 2.79 bits per heavy atom. The highest BCUT2D eigenvalue weighted by Crippen LogP contribution is 2.22. The number of nitrogens with one attached hydrogen (secondary N) is 1. The first-order valence-corrected chi connectivity index (χ1v) is 9.61. The topological polar surface area (TPSA) is 86.1 Å². The van der Waals surface area contributed by atoms with Crippen molar-refractivity contribution in [2.45, 2.75) is 49.8 Å². The summed E-state index contributed by atoms with van der Waals surface area (Å²) >= 11 is 0. The summed E-state index contributed by atoms with van der Waals surface area (Å²) in [7, 11) is -2.11. The minimum atomic E-state index is -3.73. The van der Waals surface area contributed by atoms with Crippen LogP contribution in [0.2, 0.25) is 0 Å². The lowest BCUT2D eigenvalue weighted by Crippen LogP contribution is -2.16. The molecular formula is C16H22N4O3S. The van der Waals surface area contributed by atoms with E-state index in [0.29, 0.717) is 18.4 Å². The summed E-state index contributed by atoms with van der Waals surface area (Å²) in [6.45, 7) is 0.491. The monoisotopic (exact) mass is 350 g/mol. The van der Waals surface area contributed by atoms with Crippen molar-refractivity contribution < 1.29 is 13.2 Å². The zero-order valence-corrected chi connectivity index (χ0v) is 14.5. The third-order valence-electron chi connectivity index (χ3n) is 4.07. The van der Waals surface area contributed by atoms with Crippen LogP contribution in [-0.2, 0) is 28.4 Å². The molecule has 1 heterocycles. The number of nitrogens with zero attached hydrogens (tertiary/aromatic N) is 3. The molecule has 0 unspecified atom stereocenters. The van der Waals surface area contributed by atoms with Crippen molar-refractivity contribution in [2.75, 3.05) is 4.72 Å². The molecule has 1 N–H and O–H groups in total. The Bertz CT molecular complexity index is 782. The van der Waals surface area contributed by atoms with Gasteiger partial charge in [0.2, 0.25) is 5.03 Å². The van der Waals surface area contributed by atoms with Gasteiger partial charge in [0, 0.05) is 12.7 Å². The number of hydrogen-bond acceptors (Lipinski definition) is 5. The Morgan fingerprint density at radius 2 is 2.08 bits per heavy atom. The first-order valence-electron chi connectivity index (χ1n) is 8.13. The number of aryl methyl sites for hydroxylation is 1. The van der Waals surface area contributed by atoms with Gasteiger partial charge in [-0.05, 0) is 30.5 Å². The number of rotatable bonds is 6. The standard InChI is InChI=1S/C16H22N4O3S/c1-20-11-16(17-19-20)24(21,22)18-14-7-5-6-13(10-14)12-23-15-8-3-2-4-9-15/h5-7,10-11,15,18H,2-4,8-9,12H2,1H3. The molecule has 1 aliphatic rings. The van der Waals surface area contributed by atoms with E-state index in [1.54, 1.807) is 19.2 Å². The average molecular weight is 350 g/mol. The summed E-state index contributed by atoms with van der Waals surface area (Å²) in [6.07, 6.45) is 7.64. The van der Waals surface area contributed by atoms with Gasteiger partial charge in [-0.15, -0.1) is 5.10 Å². The Morgan fingerprint density at radius 1 is 1.29 bits per heavy atom. The van der Waals surface area contributed by atoms with E-state index < -0.39 is 10.0 Å². The highest BCUT2D eigenvalue weighted by Gasteiger charge is 2.18. The van der Waals surface area contributed by atoms with Gasteiger partial charge in [0.15, 0.2) is 0 Å². The molecule has 0 atom stereocenters. The second-order valence-electron chi connectivity index (χ2n) is 6.11. The first-order chi connectivity index (χ1) is 11.5. The molecule has 2 aromatic rings. The molecule has 1 fully saturated rings. The highest BCUT2D eigenvalue weighted by atomic mass is 32.2. The molecule has 0 saturated heterocycles. The molecule has 1 aromatic heterocycles. The largest absolute Gasteiger partial charge is 0.374 e. The maximum atomic E-state index is 12.3. The van der Waals surface area contributed by atoms with E-state index >= 15 is 0 Å². The minimum absolute atomic E-state index is 0.103. The number of benzene rings is 1. The smallest absolute Gasteiger partial charge is 0.282 e. The van der Waals surface area contributed by atoms with E-state index in [9.17, 15) is 8.42 Å². The molecule has 1 aromatic carbocycles. The molecule has 130 valence electrons. The molecule has 7 nitrogen and oxygen atoms in total. The Labute approximate surface area is 142 Å². The van der Waals surface area contributed by atoms with Crippen molar-refractivity contribution in [3.05, 3.63) is 36.0 Å². The van der Waals surface area contributed by atoms with Gasteiger partial charge in [-0.1, -0.05) is 36.6 Å². The molecular weight excluding hydrogens is 328 g/mol. The second kappa shape index (κ2) is 7.31. The van der Waals surface area contributed by atoms with Crippen LogP contribution in [0.3, 0.4) is 0 Å². The van der Waals surface area contributed by atoms with Crippen LogP contribution in [0.5, 0.6) is 0 Å². The number of sulfonamides is 1. The van der Waals surface area contributed by atoms with Gasteiger partial charge < -0.3 is 4.74 Å². The average Bonchev–Trinajstić information content (AvgIpc) is 3.01. The Kier molecular flexibility index (Phi) is 5.15. The van der Waals surface area contributed by atoms with Gasteiger partial charge >= 0.3 is 0 Å². The maximum absolute atomic E-state index is 12.3. The molecule has 0 radical (unpaired) electrons. The van der Waals surface area contributed by atoms with Crippen LogP contribution in [0.1, 0.15) is 37.7 Å². The van der Waals surface area contributed by atoms with Crippen molar-refractivity contribution in [1.29, 1.82) is 0 Å². The van der Waals surface area contributed by atoms with Crippen molar-refractivity contribution >= 4 is 15.7 Å². The minimum Gasteiger partial charge on any atom is -0.374 e. The summed E-state index contributed by atoms with van der Waals surface area (Å²) in [5.41, 5.74) is 1.44. The van der Waals surface area contributed by atoms with E-state index in [0.717, 1.165) is 18.4 Å². The predicted octanol–water partition coefficient (Wildman–Crippen LogP) is 2.47. The zero-order chi connectivity index (χ0) is 17.0. The van der Waals surface area contributed by atoms with Crippen LogP contribution in [0.4, 0.5) is 5.69 Å². The van der Waals surface area contributed by atoms with Gasteiger partial charge in [-0.25, -0.2) is 0 Å². The molecule has 8 heteroatoms. The molecule has 0 bridgehead atoms. The number of aromatic nitrogens is 3. The second-order valence-corrected chi connectivity index (χ2v) is 7.74. The predicted molar refractivity (Wildman–Crippen MR) is 89.9 cm³/mol. The van der Waals surface area contributed by atoms with Crippen LogP contribution < -0.4 is 4.72 Å². The van der Waals surface area contributed by atoms with Crippen LogP contribution in [-0.4, -0.2) is 29.5 Å². The number of anilines is 1. The molecule has 3 rings (SSSR count). The fraction of sp³-hybridized carbons (Fsp3) is 0.500. The van der Waals surface area contributed by atoms with Crippen LogP contribution >= 0.6 is 0 Å². The lowest BCUT2D eigenvalue weighted by atomic mass is 9.98. The first kappa shape index (κ1) is 16.9. The lowest BCUT2D eigenvalue weighted by molar-refractivity contribution is 0.0169. The van der Waals surface area contributed by atoms with Crippen molar-refractivity contribution in [1.82, 2.24) is 15.0 Å². The summed E-state index contributed by atoms with van der Waals surface area (Å²) in [5.74, 6) is 0. The van der Waals surface area contributed by atoms with Crippen molar-refractivity contribution in [3.8, 4) is 0 Å². The van der Waals surface area contributed by atoms with E-state index in [1.165, 1.54) is 30.1 Å². The number of hydrogen-bond donors (Lipinski definition) is 1. The fourth-order valence-electron chi connectivity index (χ4n) is 2.83. The van der Waals surface area contributed by atoms with Gasteiger partial charge in [0.05, 0.1) is 18.9 Å². The van der Waals surface area contributed by atoms with E-state index in [1.807, 2.05) is 12.1 Å². The van der Waals surface area contributed by atoms with Gasteiger partial charge in [0.1, 0.15) is 0 Å². The van der Waals surface area contributed by atoms with E-state index in [-0.39, 0.29) is 5.03 Å². The molecule has 0 amide bonds. The third kappa shape index (κ3) is 4.33. The summed E-state index contributed by atoms with van der Waals surface area (Å²) in [6, 6.07) is 7.24. The van der Waals surface area contributed by atoms with Gasteiger partial charge in [-0.3, -0.25) is 9.40 Å². The normalized spacial score (nSPS) is 16.2. The van der Waals surface area contributed by atoms with Crippen molar-refractivity contribution in [2.24, 2.45) is 7.05 Å². The Balaban J connectivity index is 1.64. The molecule has 1 saturated carbocycles. The highest BCUT2D eigenvalue weighted by molar-refractivity contribution is 7.92. The quantitative estimate of drug-likeness (QED) is 0.865. The van der Waals surface area contributed by atoms with Crippen LogP contribution in [0.15, 0.2) is 35.5 Å². The van der Waals surface area contributed by atoms with Gasteiger partial charge in [-0.2, -0.15) is 8.42 Å². The molecule has 24 heavy (non-hydrogen) atoms. The Hall–Kier alpha value is -1.93. The summed E-state index contributed by atoms with van der Waals surface area (Å²) in [5, 5.41) is 7.19. The van der Waals surface area contributed by atoms with Crippen molar-refractivity contribution in [3.63, 3.8) is 0 Å². The SMILES string of the molecule is Cn1cc(S(=O)(=O)Nc2cccc(COC3CCCCC3)c2)nn1. The zero-order valence-electron chi connectivity index (χ0n) is 13.7. The molecule has 0 spiro atoms. The van der Waals surface area contributed by atoms with E-state index in [4.69, 9.17) is 4.74 Å².